The van der Waals surface area contributed by atoms with Gasteiger partial charge in [0.2, 0.25) is 5.91 Å². The summed E-state index contributed by atoms with van der Waals surface area (Å²) in [5.74, 6) is 1.37. The maximum absolute atomic E-state index is 13.2. The third-order valence-corrected chi connectivity index (χ3v) is 8.27. The van der Waals surface area contributed by atoms with Gasteiger partial charge in [-0.1, -0.05) is 12.8 Å². The number of ketones is 1. The SMILES string of the molecule is COc1cc(C#N)cc(C(=O)Cc2cnc3c(c(C4CCN(C(=O)C5CCCC5)CC4)cn3C)c2C)c1. The molecule has 3 aromatic rings. The van der Waals surface area contributed by atoms with Crippen molar-refractivity contribution in [2.45, 2.75) is 57.8 Å². The molecule has 0 atom stereocenters. The number of Topliss-reactive ketones (excluding diaryl/α,β-unsaturated/α-hetero) is 1. The predicted octanol–water partition coefficient (Wildman–Crippen LogP) is 5.08. The third-order valence-electron chi connectivity index (χ3n) is 8.27. The van der Waals surface area contributed by atoms with Gasteiger partial charge in [0.25, 0.3) is 0 Å². The molecule has 5 rings (SSSR count). The number of nitrogens with zero attached hydrogens (tertiary/aromatic N) is 4. The summed E-state index contributed by atoms with van der Waals surface area (Å²) in [4.78, 5) is 32.9. The van der Waals surface area contributed by atoms with Crippen LogP contribution in [0.15, 0.2) is 30.6 Å². The first-order chi connectivity index (χ1) is 17.9. The van der Waals surface area contributed by atoms with Crippen molar-refractivity contribution >= 4 is 22.7 Å². The first-order valence-electron chi connectivity index (χ1n) is 13.2. The van der Waals surface area contributed by atoms with Crippen molar-refractivity contribution in [3.05, 3.63) is 58.4 Å². The number of hydrogen-bond acceptors (Lipinski definition) is 5. The number of likely N-dealkylation sites (tertiary alicyclic amines) is 1. The maximum atomic E-state index is 13.2. The topological polar surface area (TPSA) is 88.2 Å². The molecule has 0 bridgehead atoms. The standard InChI is InChI=1S/C30H34N4O3/c1-19-24(15-27(35)23-12-20(16-31)13-25(14-23)37-3)17-32-29-28(19)26(18-33(29)2)21-8-10-34(11-9-21)30(36)22-6-4-5-7-22/h12-14,17-18,21-22H,4-11,15H2,1-3H3. The summed E-state index contributed by atoms with van der Waals surface area (Å²) in [6, 6.07) is 7.01. The predicted molar refractivity (Wildman–Crippen MR) is 142 cm³/mol. The van der Waals surface area contributed by atoms with E-state index in [1.807, 2.05) is 7.05 Å². The Hall–Kier alpha value is -3.66. The Morgan fingerprint density at radius 1 is 1.14 bits per heavy atom. The molecule has 37 heavy (non-hydrogen) atoms. The van der Waals surface area contributed by atoms with Gasteiger partial charge in [-0.3, -0.25) is 9.59 Å². The number of nitriles is 1. The van der Waals surface area contributed by atoms with Gasteiger partial charge < -0.3 is 14.2 Å². The van der Waals surface area contributed by atoms with Crippen molar-refractivity contribution in [1.29, 1.82) is 5.26 Å². The minimum absolute atomic E-state index is 0.0733. The highest BCUT2D eigenvalue weighted by atomic mass is 16.5. The van der Waals surface area contributed by atoms with Crippen LogP contribution < -0.4 is 4.74 Å². The van der Waals surface area contributed by atoms with Crippen molar-refractivity contribution < 1.29 is 14.3 Å². The highest BCUT2D eigenvalue weighted by molar-refractivity contribution is 5.99. The summed E-state index contributed by atoms with van der Waals surface area (Å²) in [5.41, 5.74) is 5.00. The zero-order valence-corrected chi connectivity index (χ0v) is 21.9. The second-order valence-corrected chi connectivity index (χ2v) is 10.5. The van der Waals surface area contributed by atoms with Gasteiger partial charge in [0.1, 0.15) is 11.4 Å². The lowest BCUT2D eigenvalue weighted by molar-refractivity contribution is -0.136. The number of piperidine rings is 1. The quantitative estimate of drug-likeness (QED) is 0.442. The van der Waals surface area contributed by atoms with E-state index in [0.717, 1.165) is 60.9 Å². The molecule has 7 heteroatoms. The van der Waals surface area contributed by atoms with E-state index in [2.05, 4.69) is 28.7 Å². The summed E-state index contributed by atoms with van der Waals surface area (Å²) in [7, 11) is 3.54. The minimum Gasteiger partial charge on any atom is -0.497 e. The molecule has 0 radical (unpaired) electrons. The average Bonchev–Trinajstić information content (AvgIpc) is 3.58. The van der Waals surface area contributed by atoms with Crippen LogP contribution in [0.25, 0.3) is 11.0 Å². The van der Waals surface area contributed by atoms with Gasteiger partial charge in [0.15, 0.2) is 5.78 Å². The molecule has 2 fully saturated rings. The number of rotatable bonds is 6. The Morgan fingerprint density at radius 3 is 2.54 bits per heavy atom. The molecular weight excluding hydrogens is 464 g/mol. The molecule has 0 spiro atoms. The fourth-order valence-corrected chi connectivity index (χ4v) is 6.12. The second-order valence-electron chi connectivity index (χ2n) is 10.5. The normalized spacial score (nSPS) is 16.8. The second kappa shape index (κ2) is 10.4. The molecule has 1 amide bonds. The number of fused-ring (bicyclic) bond motifs is 1. The molecule has 1 saturated carbocycles. The summed E-state index contributed by atoms with van der Waals surface area (Å²) in [6.45, 7) is 3.68. The van der Waals surface area contributed by atoms with Crippen LogP contribution in [0.2, 0.25) is 0 Å². The first-order valence-corrected chi connectivity index (χ1v) is 13.2. The van der Waals surface area contributed by atoms with Gasteiger partial charge in [0, 0.05) is 55.8 Å². The highest BCUT2D eigenvalue weighted by Gasteiger charge is 2.31. The van der Waals surface area contributed by atoms with E-state index in [1.165, 1.54) is 25.5 Å². The van der Waals surface area contributed by atoms with Crippen LogP contribution in [0, 0.1) is 24.2 Å². The van der Waals surface area contributed by atoms with E-state index in [9.17, 15) is 14.9 Å². The van der Waals surface area contributed by atoms with Crippen LogP contribution in [0.5, 0.6) is 5.75 Å². The van der Waals surface area contributed by atoms with Crippen LogP contribution in [0.3, 0.4) is 0 Å². The number of carbonyl (C=O) groups excluding carboxylic acids is 2. The zero-order chi connectivity index (χ0) is 26.1. The Kier molecular flexibility index (Phi) is 7.01. The molecular formula is C30H34N4O3. The van der Waals surface area contributed by atoms with Crippen LogP contribution in [-0.2, 0) is 18.3 Å². The number of aromatic nitrogens is 2. The van der Waals surface area contributed by atoms with E-state index >= 15 is 0 Å². The number of benzene rings is 1. The van der Waals surface area contributed by atoms with E-state index in [4.69, 9.17) is 9.72 Å². The fourth-order valence-electron chi connectivity index (χ4n) is 6.12. The van der Waals surface area contributed by atoms with Gasteiger partial charge in [-0.15, -0.1) is 0 Å². The number of aryl methyl sites for hydroxylation is 2. The molecule has 0 N–H and O–H groups in total. The van der Waals surface area contributed by atoms with Crippen molar-refractivity contribution in [3.8, 4) is 11.8 Å². The number of carbonyl (C=O) groups is 2. The zero-order valence-electron chi connectivity index (χ0n) is 21.9. The molecule has 3 heterocycles. The Bertz CT molecular complexity index is 1390. The largest absolute Gasteiger partial charge is 0.497 e. The number of amides is 1. The fraction of sp³-hybridized carbons (Fsp3) is 0.467. The van der Waals surface area contributed by atoms with Gasteiger partial charge in [-0.05, 0) is 73.4 Å². The summed E-state index contributed by atoms with van der Waals surface area (Å²) in [6.07, 6.45) is 10.5. The van der Waals surface area contributed by atoms with Crippen molar-refractivity contribution in [2.24, 2.45) is 13.0 Å². The lowest BCUT2D eigenvalue weighted by atomic mass is 9.87. The summed E-state index contributed by atoms with van der Waals surface area (Å²) >= 11 is 0. The number of ether oxygens (including phenoxy) is 1. The Labute approximate surface area is 218 Å². The molecule has 1 aromatic carbocycles. The molecule has 2 aromatic heterocycles. The van der Waals surface area contributed by atoms with Crippen LogP contribution in [0.1, 0.15) is 77.1 Å². The maximum Gasteiger partial charge on any atom is 0.225 e. The van der Waals surface area contributed by atoms with E-state index in [-0.39, 0.29) is 18.1 Å². The lowest BCUT2D eigenvalue weighted by Crippen LogP contribution is -2.40. The monoisotopic (exact) mass is 498 g/mol. The summed E-state index contributed by atoms with van der Waals surface area (Å²) < 4.78 is 7.34. The first kappa shape index (κ1) is 25.0. The van der Waals surface area contributed by atoms with Gasteiger partial charge in [-0.2, -0.15) is 5.26 Å². The molecule has 0 unspecified atom stereocenters. The van der Waals surface area contributed by atoms with Crippen molar-refractivity contribution in [1.82, 2.24) is 14.5 Å². The van der Waals surface area contributed by atoms with Gasteiger partial charge >= 0.3 is 0 Å². The number of methoxy groups -OCH3 is 1. The van der Waals surface area contributed by atoms with E-state index in [1.54, 1.807) is 24.4 Å². The molecule has 2 aliphatic rings. The van der Waals surface area contributed by atoms with Gasteiger partial charge in [-0.25, -0.2) is 4.98 Å². The van der Waals surface area contributed by atoms with Crippen molar-refractivity contribution in [2.75, 3.05) is 20.2 Å². The Morgan fingerprint density at radius 2 is 1.86 bits per heavy atom. The Balaban J connectivity index is 1.38. The molecule has 1 aliphatic carbocycles. The number of pyridine rings is 1. The van der Waals surface area contributed by atoms with Crippen LogP contribution >= 0.6 is 0 Å². The average molecular weight is 499 g/mol. The summed E-state index contributed by atoms with van der Waals surface area (Å²) in [5, 5.41) is 10.4. The lowest BCUT2D eigenvalue weighted by Gasteiger charge is -2.33. The molecule has 1 saturated heterocycles. The minimum atomic E-state index is -0.0733. The number of hydrogen-bond donors (Lipinski definition) is 0. The molecule has 1 aliphatic heterocycles. The molecule has 192 valence electrons. The molecule has 7 nitrogen and oxygen atoms in total. The third kappa shape index (κ3) is 4.85. The smallest absolute Gasteiger partial charge is 0.225 e. The van der Waals surface area contributed by atoms with Gasteiger partial charge in [0.05, 0.1) is 18.7 Å². The van der Waals surface area contributed by atoms with Crippen molar-refractivity contribution in [3.63, 3.8) is 0 Å². The van der Waals surface area contributed by atoms with E-state index in [0.29, 0.717) is 28.7 Å². The van der Waals surface area contributed by atoms with E-state index < -0.39 is 0 Å². The van der Waals surface area contributed by atoms with Crippen LogP contribution in [0.4, 0.5) is 0 Å². The highest BCUT2D eigenvalue weighted by Crippen LogP contribution is 2.37. The van der Waals surface area contributed by atoms with Crippen LogP contribution in [-0.4, -0.2) is 46.3 Å².